The van der Waals surface area contributed by atoms with E-state index in [1.807, 2.05) is 20.8 Å². The van der Waals surface area contributed by atoms with Crippen LogP contribution < -0.4 is 0 Å². The van der Waals surface area contributed by atoms with Gasteiger partial charge in [0.1, 0.15) is 11.6 Å². The summed E-state index contributed by atoms with van der Waals surface area (Å²) in [7, 11) is 0. The van der Waals surface area contributed by atoms with Crippen LogP contribution in [0.15, 0.2) is 0 Å². The highest BCUT2D eigenvalue weighted by atomic mass is 16.6. The largest absolute Gasteiger partial charge is 0.459 e. The molecule has 0 unspecified atom stereocenters. The number of hydrogen-bond acceptors (Lipinski definition) is 4. The highest BCUT2D eigenvalue weighted by molar-refractivity contribution is 5.76. The quantitative estimate of drug-likeness (QED) is 0.743. The van der Waals surface area contributed by atoms with E-state index in [-0.39, 0.29) is 12.0 Å². The zero-order valence-electron chi connectivity index (χ0n) is 13.4. The second kappa shape index (κ2) is 6.44. The van der Waals surface area contributed by atoms with E-state index >= 15 is 0 Å². The lowest BCUT2D eigenvalue weighted by Crippen LogP contribution is -2.43. The first-order valence-electron chi connectivity index (χ1n) is 7.95. The zero-order chi connectivity index (χ0) is 14.8. The number of carbonyl (C=O) groups excluding carboxylic acids is 1. The van der Waals surface area contributed by atoms with Crippen LogP contribution in [-0.2, 0) is 14.3 Å². The Balaban J connectivity index is 1.90. The van der Waals surface area contributed by atoms with Gasteiger partial charge in [-0.05, 0) is 58.4 Å². The number of esters is 1. The third-order valence-electron chi connectivity index (χ3n) is 4.39. The molecule has 0 radical (unpaired) electrons. The fourth-order valence-electron chi connectivity index (χ4n) is 3.35. The van der Waals surface area contributed by atoms with Crippen molar-refractivity contribution >= 4 is 5.97 Å². The highest BCUT2D eigenvalue weighted by Crippen LogP contribution is 2.31. The average Bonchev–Trinajstić information content (AvgIpc) is 2.97. The Morgan fingerprint density at radius 3 is 2.65 bits per heavy atom. The summed E-state index contributed by atoms with van der Waals surface area (Å²) >= 11 is 0. The molecule has 0 aliphatic carbocycles. The van der Waals surface area contributed by atoms with E-state index in [0.29, 0.717) is 11.8 Å². The van der Waals surface area contributed by atoms with Gasteiger partial charge in [-0.15, -0.1) is 0 Å². The normalized spacial score (nSPS) is 29.6. The van der Waals surface area contributed by atoms with Crippen molar-refractivity contribution in [1.82, 2.24) is 4.90 Å². The third-order valence-corrected chi connectivity index (χ3v) is 4.39. The first-order chi connectivity index (χ1) is 9.40. The van der Waals surface area contributed by atoms with Crippen molar-refractivity contribution in [2.75, 3.05) is 26.3 Å². The third kappa shape index (κ3) is 3.95. The molecule has 0 spiro atoms. The second-order valence-electron chi connectivity index (χ2n) is 7.12. The van der Waals surface area contributed by atoms with Gasteiger partial charge in [-0.2, -0.15) is 0 Å². The molecule has 0 amide bonds. The first-order valence-corrected chi connectivity index (χ1v) is 7.95. The van der Waals surface area contributed by atoms with E-state index in [4.69, 9.17) is 9.47 Å². The van der Waals surface area contributed by atoms with Crippen molar-refractivity contribution in [3.8, 4) is 0 Å². The maximum atomic E-state index is 12.3. The molecule has 2 heterocycles. The Morgan fingerprint density at radius 1 is 1.35 bits per heavy atom. The lowest BCUT2D eigenvalue weighted by Gasteiger charge is -2.29. The van der Waals surface area contributed by atoms with Crippen molar-refractivity contribution in [3.63, 3.8) is 0 Å². The Morgan fingerprint density at radius 2 is 2.10 bits per heavy atom. The number of nitrogens with zero attached hydrogens (tertiary/aromatic N) is 1. The average molecular weight is 283 g/mol. The van der Waals surface area contributed by atoms with Crippen LogP contribution in [0.4, 0.5) is 0 Å². The minimum atomic E-state index is -0.400. The Labute approximate surface area is 122 Å². The number of rotatable bonds is 4. The summed E-state index contributed by atoms with van der Waals surface area (Å²) in [5, 5.41) is 0. The van der Waals surface area contributed by atoms with Crippen LogP contribution in [0.25, 0.3) is 0 Å². The van der Waals surface area contributed by atoms with Crippen molar-refractivity contribution in [2.45, 2.75) is 58.6 Å². The van der Waals surface area contributed by atoms with Crippen molar-refractivity contribution in [1.29, 1.82) is 0 Å². The summed E-state index contributed by atoms with van der Waals surface area (Å²) in [6, 6.07) is -0.0819. The Bertz CT molecular complexity index is 331. The molecule has 20 heavy (non-hydrogen) atoms. The van der Waals surface area contributed by atoms with Gasteiger partial charge in [0.25, 0.3) is 0 Å². The van der Waals surface area contributed by atoms with Gasteiger partial charge in [-0.25, -0.2) is 0 Å². The summed E-state index contributed by atoms with van der Waals surface area (Å²) < 4.78 is 11.1. The van der Waals surface area contributed by atoms with E-state index in [2.05, 4.69) is 11.8 Å². The van der Waals surface area contributed by atoms with Gasteiger partial charge in [0.05, 0.1) is 0 Å². The Hall–Kier alpha value is -0.610. The fraction of sp³-hybridized carbons (Fsp3) is 0.938. The topological polar surface area (TPSA) is 38.8 Å². The zero-order valence-corrected chi connectivity index (χ0v) is 13.4. The maximum Gasteiger partial charge on any atom is 0.323 e. The molecule has 0 aromatic rings. The van der Waals surface area contributed by atoms with Crippen molar-refractivity contribution in [3.05, 3.63) is 0 Å². The predicted molar refractivity (Wildman–Crippen MR) is 78.5 cm³/mol. The molecule has 2 aliphatic rings. The molecule has 0 bridgehead atoms. The van der Waals surface area contributed by atoms with Gasteiger partial charge >= 0.3 is 5.97 Å². The van der Waals surface area contributed by atoms with Gasteiger partial charge in [0, 0.05) is 19.8 Å². The van der Waals surface area contributed by atoms with Crippen LogP contribution in [0.1, 0.15) is 47.0 Å². The molecule has 0 aromatic heterocycles. The van der Waals surface area contributed by atoms with E-state index in [9.17, 15) is 4.79 Å². The molecule has 4 nitrogen and oxygen atoms in total. The number of hydrogen-bond donors (Lipinski definition) is 0. The van der Waals surface area contributed by atoms with Crippen LogP contribution in [0.5, 0.6) is 0 Å². The van der Waals surface area contributed by atoms with Crippen LogP contribution in [0.2, 0.25) is 0 Å². The van der Waals surface area contributed by atoms with E-state index < -0.39 is 5.60 Å². The summed E-state index contributed by atoms with van der Waals surface area (Å²) in [5.41, 5.74) is -0.400. The summed E-state index contributed by atoms with van der Waals surface area (Å²) in [6.45, 7) is 11.7. The second-order valence-corrected chi connectivity index (χ2v) is 7.12. The van der Waals surface area contributed by atoms with E-state index in [0.717, 1.165) is 32.7 Å². The lowest BCUT2D eigenvalue weighted by atomic mass is 9.91. The molecule has 116 valence electrons. The molecule has 2 rings (SSSR count). The molecular weight excluding hydrogens is 254 g/mol. The van der Waals surface area contributed by atoms with Crippen molar-refractivity contribution in [2.24, 2.45) is 11.8 Å². The summed E-state index contributed by atoms with van der Waals surface area (Å²) in [5.74, 6) is 1.31. The molecule has 0 N–H and O–H groups in total. The molecular formula is C16H29NO3. The summed E-state index contributed by atoms with van der Waals surface area (Å²) in [4.78, 5) is 14.6. The number of likely N-dealkylation sites (tertiary alicyclic amines) is 1. The van der Waals surface area contributed by atoms with E-state index in [1.54, 1.807) is 0 Å². The van der Waals surface area contributed by atoms with Gasteiger partial charge in [-0.1, -0.05) is 6.92 Å². The van der Waals surface area contributed by atoms with Gasteiger partial charge in [0.2, 0.25) is 0 Å². The summed E-state index contributed by atoms with van der Waals surface area (Å²) in [6.07, 6.45) is 3.19. The first kappa shape index (κ1) is 15.8. The molecule has 0 aromatic carbocycles. The molecule has 2 saturated heterocycles. The smallest absolute Gasteiger partial charge is 0.323 e. The SMILES string of the molecule is CC[C@H](C(=O)OC(C)(C)C)N1CC[C@@H]([C@@H]2CCOC2)C1. The number of carbonyl (C=O) groups is 1. The van der Waals surface area contributed by atoms with Gasteiger partial charge in [-0.3, -0.25) is 9.69 Å². The maximum absolute atomic E-state index is 12.3. The number of ether oxygens (including phenoxy) is 2. The van der Waals surface area contributed by atoms with Crippen LogP contribution in [0, 0.1) is 11.8 Å². The molecule has 2 fully saturated rings. The standard InChI is InChI=1S/C16H29NO3/c1-5-14(15(18)20-16(2,3)4)17-8-6-12(10-17)13-7-9-19-11-13/h12-14H,5-11H2,1-4H3/t12-,13-,14-/m1/s1. The van der Waals surface area contributed by atoms with E-state index in [1.165, 1.54) is 12.8 Å². The molecule has 3 atom stereocenters. The Kier molecular flexibility index (Phi) is 5.08. The predicted octanol–water partition coefficient (Wildman–Crippen LogP) is 2.47. The van der Waals surface area contributed by atoms with Crippen LogP contribution in [-0.4, -0.2) is 48.8 Å². The van der Waals surface area contributed by atoms with Crippen LogP contribution in [0.3, 0.4) is 0 Å². The fourth-order valence-corrected chi connectivity index (χ4v) is 3.35. The minimum Gasteiger partial charge on any atom is -0.459 e. The monoisotopic (exact) mass is 283 g/mol. The molecule has 4 heteroatoms. The minimum absolute atomic E-state index is 0.0664. The molecule has 2 aliphatic heterocycles. The highest BCUT2D eigenvalue weighted by Gasteiger charge is 2.37. The molecule has 0 saturated carbocycles. The van der Waals surface area contributed by atoms with Crippen molar-refractivity contribution < 1.29 is 14.3 Å². The van der Waals surface area contributed by atoms with Gasteiger partial charge in [0.15, 0.2) is 0 Å². The lowest BCUT2D eigenvalue weighted by molar-refractivity contribution is -0.161. The van der Waals surface area contributed by atoms with Gasteiger partial charge < -0.3 is 9.47 Å². The van der Waals surface area contributed by atoms with Crippen LogP contribution >= 0.6 is 0 Å².